The summed E-state index contributed by atoms with van der Waals surface area (Å²) in [5.41, 5.74) is 4.78. The van der Waals surface area contributed by atoms with E-state index < -0.39 is 0 Å². The third-order valence-corrected chi connectivity index (χ3v) is 4.55. The van der Waals surface area contributed by atoms with E-state index in [1.807, 2.05) is 38.1 Å². The Morgan fingerprint density at radius 3 is 2.63 bits per heavy atom. The molecular weight excluding hydrogens is 380 g/mol. The molecule has 0 aromatic heterocycles. The molecule has 0 aliphatic carbocycles. The number of benzene rings is 2. The summed E-state index contributed by atoms with van der Waals surface area (Å²) in [5, 5.41) is 9.32. The average Bonchev–Trinajstić information content (AvgIpc) is 3.22. The summed E-state index contributed by atoms with van der Waals surface area (Å²) < 4.78 is 4.90. The Labute approximate surface area is 176 Å². The largest absolute Gasteiger partial charge is 0.463 e. The number of carbonyl (C=O) groups is 2. The molecule has 7 heteroatoms. The van der Waals surface area contributed by atoms with Crippen molar-refractivity contribution < 1.29 is 14.3 Å². The number of amides is 1. The molecule has 1 amide bonds. The number of hydrogen-bond donors (Lipinski definition) is 3. The minimum absolute atomic E-state index is 0.194. The van der Waals surface area contributed by atoms with Gasteiger partial charge in [0.25, 0.3) is 5.91 Å². The van der Waals surface area contributed by atoms with Crippen LogP contribution in [0.5, 0.6) is 0 Å². The van der Waals surface area contributed by atoms with Gasteiger partial charge >= 0.3 is 5.97 Å². The maximum Gasteiger partial charge on any atom is 0.330 e. The van der Waals surface area contributed by atoms with Crippen molar-refractivity contribution in [2.24, 2.45) is 4.99 Å². The fourth-order valence-electron chi connectivity index (χ4n) is 3.19. The summed E-state index contributed by atoms with van der Waals surface area (Å²) in [4.78, 5) is 28.6. The zero-order valence-corrected chi connectivity index (χ0v) is 17.4. The molecule has 2 aromatic rings. The first-order valence-corrected chi connectivity index (χ1v) is 9.89. The maximum absolute atomic E-state index is 12.8. The van der Waals surface area contributed by atoms with E-state index in [-0.39, 0.29) is 11.9 Å². The van der Waals surface area contributed by atoms with Gasteiger partial charge in [-0.3, -0.25) is 9.79 Å². The van der Waals surface area contributed by atoms with Crippen LogP contribution in [0.25, 0.3) is 6.08 Å². The zero-order valence-electron chi connectivity index (χ0n) is 17.4. The molecule has 0 fully saturated rings. The molecule has 1 aliphatic rings. The SMILES string of the molecule is CCOC(=O)C=Cc1cc(C)c(NC(=O)c2cccc(NC3=NCCN3)c2)c(C)c1. The Bertz CT molecular complexity index is 988. The number of aliphatic imine (C=N–C) groups is 1. The van der Waals surface area contributed by atoms with Crippen LogP contribution in [0.2, 0.25) is 0 Å². The van der Waals surface area contributed by atoms with Crippen LogP contribution in [0.15, 0.2) is 47.5 Å². The first-order valence-electron chi connectivity index (χ1n) is 9.89. The summed E-state index contributed by atoms with van der Waals surface area (Å²) in [6, 6.07) is 11.1. The molecule has 3 rings (SSSR count). The van der Waals surface area contributed by atoms with Crippen LogP contribution >= 0.6 is 0 Å². The summed E-state index contributed by atoms with van der Waals surface area (Å²) in [6.45, 7) is 7.51. The van der Waals surface area contributed by atoms with Gasteiger partial charge in [-0.15, -0.1) is 0 Å². The number of rotatable bonds is 6. The lowest BCUT2D eigenvalue weighted by Crippen LogP contribution is -2.26. The number of ether oxygens (including phenoxy) is 1. The second-order valence-corrected chi connectivity index (χ2v) is 6.93. The van der Waals surface area contributed by atoms with Crippen LogP contribution in [0.1, 0.15) is 34.0 Å². The molecule has 1 heterocycles. The van der Waals surface area contributed by atoms with Gasteiger partial charge in [-0.1, -0.05) is 6.07 Å². The van der Waals surface area contributed by atoms with Crippen molar-refractivity contribution in [2.75, 3.05) is 30.3 Å². The molecule has 3 N–H and O–H groups in total. The van der Waals surface area contributed by atoms with Crippen molar-refractivity contribution in [3.8, 4) is 0 Å². The molecule has 0 radical (unpaired) electrons. The third-order valence-electron chi connectivity index (χ3n) is 4.55. The number of guanidine groups is 1. The Morgan fingerprint density at radius 2 is 1.97 bits per heavy atom. The average molecular weight is 406 g/mol. The second-order valence-electron chi connectivity index (χ2n) is 6.93. The number of carbonyl (C=O) groups excluding carboxylic acids is 2. The lowest BCUT2D eigenvalue weighted by atomic mass is 10.0. The van der Waals surface area contributed by atoms with Crippen molar-refractivity contribution in [1.29, 1.82) is 0 Å². The lowest BCUT2D eigenvalue weighted by Gasteiger charge is -2.14. The highest BCUT2D eigenvalue weighted by Crippen LogP contribution is 2.24. The standard InChI is InChI=1S/C23H26N4O3/c1-4-30-20(28)9-8-17-12-15(2)21(16(3)13-17)27-22(29)18-6-5-7-19(14-18)26-23-24-10-11-25-23/h5-9,12-14H,4,10-11H2,1-3H3,(H,27,29)(H2,24,25,26). The lowest BCUT2D eigenvalue weighted by molar-refractivity contribution is -0.137. The maximum atomic E-state index is 12.8. The van der Waals surface area contributed by atoms with Crippen molar-refractivity contribution in [2.45, 2.75) is 20.8 Å². The topological polar surface area (TPSA) is 91.8 Å². The quantitative estimate of drug-likeness (QED) is 0.504. The summed E-state index contributed by atoms with van der Waals surface area (Å²) in [5.74, 6) is 0.143. The number of aryl methyl sites for hydroxylation is 2. The molecule has 0 unspecified atom stereocenters. The molecule has 0 saturated heterocycles. The molecule has 30 heavy (non-hydrogen) atoms. The van der Waals surface area contributed by atoms with Gasteiger partial charge in [0.1, 0.15) is 0 Å². The van der Waals surface area contributed by atoms with E-state index in [0.29, 0.717) is 18.1 Å². The van der Waals surface area contributed by atoms with Gasteiger partial charge in [0, 0.05) is 29.6 Å². The van der Waals surface area contributed by atoms with E-state index in [4.69, 9.17) is 4.74 Å². The fraction of sp³-hybridized carbons (Fsp3) is 0.261. The summed E-state index contributed by atoms with van der Waals surface area (Å²) in [6.07, 6.45) is 3.11. The number of anilines is 2. The van der Waals surface area contributed by atoms with Crippen molar-refractivity contribution in [3.63, 3.8) is 0 Å². The molecule has 0 atom stereocenters. The van der Waals surface area contributed by atoms with Gasteiger partial charge in [0.2, 0.25) is 0 Å². The highest BCUT2D eigenvalue weighted by atomic mass is 16.5. The highest BCUT2D eigenvalue weighted by molar-refractivity contribution is 6.06. The van der Waals surface area contributed by atoms with Gasteiger partial charge in [0.15, 0.2) is 5.96 Å². The molecule has 0 spiro atoms. The minimum atomic E-state index is -0.377. The van der Waals surface area contributed by atoms with E-state index >= 15 is 0 Å². The highest BCUT2D eigenvalue weighted by Gasteiger charge is 2.12. The Hall–Kier alpha value is -3.61. The normalized spacial score (nSPS) is 13.0. The Balaban J connectivity index is 1.72. The van der Waals surface area contributed by atoms with Crippen molar-refractivity contribution in [3.05, 3.63) is 64.7 Å². The third kappa shape index (κ3) is 5.47. The predicted molar refractivity (Wildman–Crippen MR) is 120 cm³/mol. The number of nitrogens with zero attached hydrogens (tertiary/aromatic N) is 1. The van der Waals surface area contributed by atoms with Gasteiger partial charge in [-0.05, 0) is 73.9 Å². The van der Waals surface area contributed by atoms with Crippen LogP contribution in [-0.4, -0.2) is 37.5 Å². The van der Waals surface area contributed by atoms with E-state index in [9.17, 15) is 9.59 Å². The first kappa shape index (κ1) is 21.1. The monoisotopic (exact) mass is 406 g/mol. The Morgan fingerprint density at radius 1 is 1.20 bits per heavy atom. The number of hydrogen-bond acceptors (Lipinski definition) is 6. The number of nitrogens with one attached hydrogen (secondary N) is 3. The van der Waals surface area contributed by atoms with E-state index in [1.54, 1.807) is 25.1 Å². The smallest absolute Gasteiger partial charge is 0.330 e. The van der Waals surface area contributed by atoms with Gasteiger partial charge in [-0.2, -0.15) is 0 Å². The van der Waals surface area contributed by atoms with Crippen LogP contribution in [0, 0.1) is 13.8 Å². The van der Waals surface area contributed by atoms with Gasteiger partial charge < -0.3 is 20.7 Å². The van der Waals surface area contributed by atoms with Crippen LogP contribution < -0.4 is 16.0 Å². The molecule has 0 saturated carbocycles. The second kappa shape index (κ2) is 9.73. The molecule has 156 valence electrons. The van der Waals surface area contributed by atoms with Gasteiger partial charge in [-0.25, -0.2) is 4.79 Å². The van der Waals surface area contributed by atoms with Crippen LogP contribution in [0.3, 0.4) is 0 Å². The minimum Gasteiger partial charge on any atom is -0.463 e. The zero-order chi connectivity index (χ0) is 21.5. The van der Waals surface area contributed by atoms with E-state index in [0.717, 1.165) is 41.2 Å². The molecule has 1 aliphatic heterocycles. The summed E-state index contributed by atoms with van der Waals surface area (Å²) >= 11 is 0. The fourth-order valence-corrected chi connectivity index (χ4v) is 3.19. The van der Waals surface area contributed by atoms with E-state index in [1.165, 1.54) is 6.08 Å². The Kier molecular flexibility index (Phi) is 6.85. The molecule has 7 nitrogen and oxygen atoms in total. The van der Waals surface area contributed by atoms with Gasteiger partial charge in [0.05, 0.1) is 13.2 Å². The van der Waals surface area contributed by atoms with E-state index in [2.05, 4.69) is 20.9 Å². The van der Waals surface area contributed by atoms with Crippen LogP contribution in [0.4, 0.5) is 11.4 Å². The number of esters is 1. The van der Waals surface area contributed by atoms with Crippen molar-refractivity contribution in [1.82, 2.24) is 5.32 Å². The van der Waals surface area contributed by atoms with Crippen LogP contribution in [-0.2, 0) is 9.53 Å². The molecular formula is C23H26N4O3. The molecule has 2 aromatic carbocycles. The summed E-state index contributed by atoms with van der Waals surface area (Å²) in [7, 11) is 0. The molecule has 0 bridgehead atoms. The first-order chi connectivity index (χ1) is 14.5. The predicted octanol–water partition coefficient (Wildman–Crippen LogP) is 3.50. The van der Waals surface area contributed by atoms with Crippen molar-refractivity contribution >= 4 is 35.3 Å².